The van der Waals surface area contributed by atoms with E-state index < -0.39 is 0 Å². The number of amides is 3. The van der Waals surface area contributed by atoms with Crippen LogP contribution < -0.4 is 9.80 Å². The first kappa shape index (κ1) is 22.6. The van der Waals surface area contributed by atoms with Crippen molar-refractivity contribution in [2.75, 3.05) is 61.4 Å². The summed E-state index contributed by atoms with van der Waals surface area (Å²) >= 11 is 1.46. The largest absolute Gasteiger partial charge is 0.339 e. The summed E-state index contributed by atoms with van der Waals surface area (Å²) in [5.41, 5.74) is 1.23. The molecule has 3 aliphatic rings. The van der Waals surface area contributed by atoms with Gasteiger partial charge in [-0.1, -0.05) is 0 Å². The van der Waals surface area contributed by atoms with Crippen LogP contribution in [0.15, 0.2) is 41.6 Å². The number of hydrogen-bond acceptors (Lipinski definition) is 7. The highest BCUT2D eigenvalue weighted by Crippen LogP contribution is 2.36. The van der Waals surface area contributed by atoms with Crippen LogP contribution in [0.4, 0.5) is 11.6 Å². The highest BCUT2D eigenvalue weighted by molar-refractivity contribution is 8.00. The van der Waals surface area contributed by atoms with Crippen molar-refractivity contribution in [3.63, 3.8) is 0 Å². The van der Waals surface area contributed by atoms with E-state index in [0.717, 1.165) is 37.2 Å². The Morgan fingerprint density at radius 1 is 0.912 bits per heavy atom. The number of hydrogen-bond donors (Lipinski definition) is 0. The van der Waals surface area contributed by atoms with Crippen molar-refractivity contribution in [1.29, 1.82) is 0 Å². The number of aromatic nitrogens is 2. The summed E-state index contributed by atoms with van der Waals surface area (Å²) < 4.78 is 0. The molecule has 10 heteroatoms. The van der Waals surface area contributed by atoms with Gasteiger partial charge in [0, 0.05) is 62.1 Å². The summed E-state index contributed by atoms with van der Waals surface area (Å²) in [6.07, 6.45) is 6.62. The van der Waals surface area contributed by atoms with Gasteiger partial charge in [-0.3, -0.25) is 14.4 Å². The van der Waals surface area contributed by atoms with Crippen molar-refractivity contribution in [2.45, 2.75) is 24.2 Å². The zero-order valence-electron chi connectivity index (χ0n) is 19.1. The Kier molecular flexibility index (Phi) is 6.66. The molecule has 1 aromatic heterocycles. The lowest BCUT2D eigenvalue weighted by Crippen LogP contribution is -2.52. The second-order valence-electron chi connectivity index (χ2n) is 8.72. The minimum absolute atomic E-state index is 0.00366. The van der Waals surface area contributed by atoms with Gasteiger partial charge in [0.05, 0.1) is 11.4 Å². The van der Waals surface area contributed by atoms with E-state index in [0.29, 0.717) is 49.1 Å². The first-order valence-electron chi connectivity index (χ1n) is 11.8. The molecule has 9 nitrogen and oxygen atoms in total. The van der Waals surface area contributed by atoms with Crippen LogP contribution in [-0.2, 0) is 9.59 Å². The molecule has 1 aromatic carbocycles. The molecule has 0 radical (unpaired) electrons. The summed E-state index contributed by atoms with van der Waals surface area (Å²) in [5, 5.41) is 0. The fraction of sp³-hybridized carbons (Fsp3) is 0.458. The van der Waals surface area contributed by atoms with Gasteiger partial charge in [-0.2, -0.15) is 0 Å². The molecule has 0 spiro atoms. The van der Waals surface area contributed by atoms with Crippen molar-refractivity contribution in [3.05, 3.63) is 42.2 Å². The van der Waals surface area contributed by atoms with Crippen molar-refractivity contribution in [1.82, 2.24) is 19.8 Å². The number of anilines is 2. The third kappa shape index (κ3) is 4.72. The molecule has 0 N–H and O–H groups in total. The first-order valence-corrected chi connectivity index (χ1v) is 12.7. The molecule has 4 heterocycles. The van der Waals surface area contributed by atoms with Crippen molar-refractivity contribution < 1.29 is 14.4 Å². The Hall–Kier alpha value is -3.14. The van der Waals surface area contributed by atoms with E-state index in [-0.39, 0.29) is 24.3 Å². The van der Waals surface area contributed by atoms with E-state index in [2.05, 4.69) is 14.9 Å². The van der Waals surface area contributed by atoms with Gasteiger partial charge in [0.2, 0.25) is 17.8 Å². The molecule has 0 bridgehead atoms. The fourth-order valence-corrected chi connectivity index (χ4v) is 5.55. The van der Waals surface area contributed by atoms with Gasteiger partial charge < -0.3 is 19.6 Å². The molecule has 0 atom stereocenters. The van der Waals surface area contributed by atoms with Crippen LogP contribution in [0.2, 0.25) is 0 Å². The molecule has 178 valence electrons. The minimum Gasteiger partial charge on any atom is -0.339 e. The lowest BCUT2D eigenvalue weighted by molar-refractivity contribution is -0.131. The molecular formula is C24H28N6O3S. The lowest BCUT2D eigenvalue weighted by Gasteiger charge is -2.36. The van der Waals surface area contributed by atoms with E-state index >= 15 is 0 Å². The van der Waals surface area contributed by atoms with Gasteiger partial charge in [0.15, 0.2) is 0 Å². The highest BCUT2D eigenvalue weighted by Gasteiger charge is 2.31. The van der Waals surface area contributed by atoms with Crippen LogP contribution in [0.3, 0.4) is 0 Å². The summed E-state index contributed by atoms with van der Waals surface area (Å²) in [7, 11) is 0. The van der Waals surface area contributed by atoms with E-state index in [1.807, 2.05) is 17.0 Å². The SMILES string of the molecule is O=C(CN1C(=O)CSc2ccc(C(=O)N3CCCCC3)cc21)N1CCN(c2ncccn2)CC1. The van der Waals surface area contributed by atoms with Crippen LogP contribution >= 0.6 is 11.8 Å². The quantitative estimate of drug-likeness (QED) is 0.660. The fourth-order valence-electron chi connectivity index (χ4n) is 4.63. The molecule has 3 amide bonds. The van der Waals surface area contributed by atoms with Gasteiger partial charge in [0.25, 0.3) is 5.91 Å². The van der Waals surface area contributed by atoms with E-state index in [1.54, 1.807) is 34.3 Å². The first-order chi connectivity index (χ1) is 16.6. The number of thioether (sulfide) groups is 1. The van der Waals surface area contributed by atoms with Gasteiger partial charge >= 0.3 is 0 Å². The zero-order chi connectivity index (χ0) is 23.5. The highest BCUT2D eigenvalue weighted by atomic mass is 32.2. The summed E-state index contributed by atoms with van der Waals surface area (Å²) in [6, 6.07) is 7.30. The second kappa shape index (κ2) is 10.0. The van der Waals surface area contributed by atoms with Crippen LogP contribution in [0.1, 0.15) is 29.6 Å². The number of piperidine rings is 1. The van der Waals surface area contributed by atoms with Gasteiger partial charge in [-0.05, 0) is 43.5 Å². The Balaban J connectivity index is 1.27. The number of piperazine rings is 1. The molecule has 0 unspecified atom stereocenters. The number of carbonyl (C=O) groups excluding carboxylic acids is 3. The van der Waals surface area contributed by atoms with Crippen LogP contribution in [-0.4, -0.2) is 89.1 Å². The Bertz CT molecular complexity index is 1070. The van der Waals surface area contributed by atoms with E-state index in [9.17, 15) is 14.4 Å². The maximum Gasteiger partial charge on any atom is 0.253 e. The smallest absolute Gasteiger partial charge is 0.253 e. The molecule has 3 aliphatic heterocycles. The Labute approximate surface area is 203 Å². The molecule has 0 saturated carbocycles. The summed E-state index contributed by atoms with van der Waals surface area (Å²) in [5.74, 6) is 0.754. The third-order valence-corrected chi connectivity index (χ3v) is 7.60. The summed E-state index contributed by atoms with van der Waals surface area (Å²) in [4.78, 5) is 55.7. The average molecular weight is 481 g/mol. The Morgan fingerprint density at radius 3 is 2.38 bits per heavy atom. The van der Waals surface area contributed by atoms with Gasteiger partial charge in [-0.15, -0.1) is 11.8 Å². The number of fused-ring (bicyclic) bond motifs is 1. The minimum atomic E-state index is -0.107. The molecule has 2 saturated heterocycles. The average Bonchev–Trinajstić information content (AvgIpc) is 2.90. The van der Waals surface area contributed by atoms with Crippen LogP contribution in [0.5, 0.6) is 0 Å². The maximum absolute atomic E-state index is 13.1. The van der Waals surface area contributed by atoms with Crippen molar-refractivity contribution in [3.8, 4) is 0 Å². The lowest BCUT2D eigenvalue weighted by atomic mass is 10.1. The number of benzene rings is 1. The normalized spacial score (nSPS) is 18.6. The summed E-state index contributed by atoms with van der Waals surface area (Å²) in [6.45, 7) is 3.91. The van der Waals surface area contributed by atoms with Crippen molar-refractivity contribution in [2.24, 2.45) is 0 Å². The Morgan fingerprint density at radius 2 is 1.65 bits per heavy atom. The number of nitrogens with zero attached hydrogens (tertiary/aromatic N) is 6. The molecular weight excluding hydrogens is 452 g/mol. The topological polar surface area (TPSA) is 90.0 Å². The number of rotatable bonds is 4. The predicted molar refractivity (Wildman–Crippen MR) is 130 cm³/mol. The van der Waals surface area contributed by atoms with Gasteiger partial charge in [-0.25, -0.2) is 9.97 Å². The van der Waals surface area contributed by atoms with E-state index in [4.69, 9.17) is 0 Å². The molecule has 0 aliphatic carbocycles. The second-order valence-corrected chi connectivity index (χ2v) is 9.74. The van der Waals surface area contributed by atoms with E-state index in [1.165, 1.54) is 11.8 Å². The monoisotopic (exact) mass is 480 g/mol. The van der Waals surface area contributed by atoms with Crippen LogP contribution in [0, 0.1) is 0 Å². The van der Waals surface area contributed by atoms with Crippen LogP contribution in [0.25, 0.3) is 0 Å². The number of carbonyl (C=O) groups is 3. The zero-order valence-corrected chi connectivity index (χ0v) is 19.9. The van der Waals surface area contributed by atoms with Crippen molar-refractivity contribution >= 4 is 41.1 Å². The number of likely N-dealkylation sites (tertiary alicyclic amines) is 1. The maximum atomic E-state index is 13.1. The van der Waals surface area contributed by atoms with Gasteiger partial charge in [0.1, 0.15) is 6.54 Å². The molecule has 2 aromatic rings. The molecule has 2 fully saturated rings. The molecule has 5 rings (SSSR count). The third-order valence-electron chi connectivity index (χ3n) is 6.55. The predicted octanol–water partition coefficient (Wildman–Crippen LogP) is 1.89. The molecule has 34 heavy (non-hydrogen) atoms. The standard InChI is InChI=1S/C24H28N6O3S/c31-21(27-11-13-29(14-12-27)24-25-7-4-8-26-24)16-30-19-15-18(5-6-20(19)34-17-22(30)32)23(33)28-9-2-1-3-10-28/h4-8,15H,1-3,9-14,16-17H2.